The highest BCUT2D eigenvalue weighted by atomic mass is 32.2. The van der Waals surface area contributed by atoms with Crippen molar-refractivity contribution in [1.82, 2.24) is 14.7 Å². The van der Waals surface area contributed by atoms with E-state index in [1.807, 2.05) is 29.0 Å². The highest BCUT2D eigenvalue weighted by molar-refractivity contribution is 7.90. The summed E-state index contributed by atoms with van der Waals surface area (Å²) < 4.78 is 24.3. The smallest absolute Gasteiger partial charge is 0.148 e. The Hall–Kier alpha value is -0.920. The summed E-state index contributed by atoms with van der Waals surface area (Å²) >= 11 is 0. The largest absolute Gasteiger partial charge is 0.329 e. The molecule has 1 heterocycles. The Kier molecular flexibility index (Phi) is 5.96. The zero-order valence-corrected chi connectivity index (χ0v) is 12.7. The van der Waals surface area contributed by atoms with Gasteiger partial charge in [-0.25, -0.2) is 8.42 Å². The minimum atomic E-state index is -2.95. The lowest BCUT2D eigenvalue weighted by Gasteiger charge is -2.25. The van der Waals surface area contributed by atoms with Crippen LogP contribution in [0.25, 0.3) is 0 Å². The van der Waals surface area contributed by atoms with E-state index < -0.39 is 9.84 Å². The first-order chi connectivity index (χ1) is 8.87. The molecule has 1 aromatic heterocycles. The van der Waals surface area contributed by atoms with Crippen molar-refractivity contribution in [2.24, 2.45) is 5.73 Å². The van der Waals surface area contributed by atoms with Crippen molar-refractivity contribution in [3.8, 4) is 0 Å². The quantitative estimate of drug-likeness (QED) is 0.742. The summed E-state index contributed by atoms with van der Waals surface area (Å²) in [6.45, 7) is 3.89. The van der Waals surface area contributed by atoms with E-state index in [0.717, 1.165) is 18.5 Å². The van der Waals surface area contributed by atoms with Gasteiger partial charge in [0.1, 0.15) is 9.84 Å². The molecule has 0 saturated heterocycles. The van der Waals surface area contributed by atoms with Crippen LogP contribution in [0.4, 0.5) is 0 Å². The number of nitrogens with zero attached hydrogens (tertiary/aromatic N) is 3. The summed E-state index contributed by atoms with van der Waals surface area (Å²) in [5, 5.41) is 4.28. The van der Waals surface area contributed by atoms with Crippen LogP contribution in [0.2, 0.25) is 0 Å². The second-order valence-electron chi connectivity index (χ2n) is 4.90. The van der Waals surface area contributed by atoms with E-state index in [-0.39, 0.29) is 11.8 Å². The Balaban J connectivity index is 2.69. The van der Waals surface area contributed by atoms with Crippen molar-refractivity contribution < 1.29 is 8.42 Å². The zero-order valence-electron chi connectivity index (χ0n) is 11.9. The lowest BCUT2D eigenvalue weighted by Crippen LogP contribution is -2.33. The summed E-state index contributed by atoms with van der Waals surface area (Å²) in [6.07, 6.45) is 6.07. The van der Waals surface area contributed by atoms with Gasteiger partial charge < -0.3 is 5.73 Å². The number of hydrogen-bond acceptors (Lipinski definition) is 5. The second-order valence-corrected chi connectivity index (χ2v) is 7.16. The van der Waals surface area contributed by atoms with Crippen LogP contribution < -0.4 is 5.73 Å². The van der Waals surface area contributed by atoms with E-state index >= 15 is 0 Å². The normalized spacial score (nSPS) is 13.9. The Morgan fingerprint density at radius 3 is 2.74 bits per heavy atom. The van der Waals surface area contributed by atoms with Crippen molar-refractivity contribution >= 4 is 9.84 Å². The lowest BCUT2D eigenvalue weighted by molar-refractivity contribution is 0.264. The van der Waals surface area contributed by atoms with Gasteiger partial charge in [0.25, 0.3) is 0 Å². The first kappa shape index (κ1) is 16.1. The maximum absolute atomic E-state index is 11.2. The average molecular weight is 288 g/mol. The third-order valence-electron chi connectivity index (χ3n) is 3.06. The predicted molar refractivity (Wildman–Crippen MR) is 76.7 cm³/mol. The molecule has 0 aliphatic carbocycles. The molecule has 19 heavy (non-hydrogen) atoms. The van der Waals surface area contributed by atoms with E-state index in [1.54, 1.807) is 0 Å². The van der Waals surface area contributed by atoms with Crippen LogP contribution in [-0.2, 0) is 16.4 Å². The van der Waals surface area contributed by atoms with Gasteiger partial charge in [-0.05, 0) is 13.5 Å². The van der Waals surface area contributed by atoms with Crippen LogP contribution in [-0.4, -0.2) is 55.2 Å². The zero-order chi connectivity index (χ0) is 14.5. The van der Waals surface area contributed by atoms with Crippen LogP contribution in [0.15, 0.2) is 12.4 Å². The molecule has 7 heteroatoms. The van der Waals surface area contributed by atoms with Crippen LogP contribution in [0.1, 0.15) is 24.9 Å². The van der Waals surface area contributed by atoms with Crippen molar-refractivity contribution in [2.45, 2.75) is 25.9 Å². The van der Waals surface area contributed by atoms with Crippen molar-refractivity contribution in [3.63, 3.8) is 0 Å². The first-order valence-corrected chi connectivity index (χ1v) is 8.53. The number of likely N-dealkylation sites (N-methyl/N-ethyl adjacent to an activating group) is 1. The van der Waals surface area contributed by atoms with Gasteiger partial charge in [0.05, 0.1) is 11.9 Å². The molecule has 1 atom stereocenters. The van der Waals surface area contributed by atoms with E-state index in [2.05, 4.69) is 12.0 Å². The molecule has 0 aliphatic heterocycles. The van der Waals surface area contributed by atoms with Crippen molar-refractivity contribution in [3.05, 3.63) is 18.0 Å². The highest BCUT2D eigenvalue weighted by Crippen LogP contribution is 2.17. The fourth-order valence-corrected chi connectivity index (χ4v) is 2.56. The topological polar surface area (TPSA) is 81.2 Å². The van der Waals surface area contributed by atoms with E-state index in [1.165, 1.54) is 6.26 Å². The Bertz CT molecular complexity index is 484. The third kappa shape index (κ3) is 5.30. The lowest BCUT2D eigenvalue weighted by atomic mass is 10.1. The number of hydrogen-bond donors (Lipinski definition) is 1. The van der Waals surface area contributed by atoms with Gasteiger partial charge in [0, 0.05) is 43.7 Å². The molecule has 0 fully saturated rings. The Morgan fingerprint density at radius 1 is 1.53 bits per heavy atom. The van der Waals surface area contributed by atoms with Gasteiger partial charge in [-0.3, -0.25) is 9.58 Å². The minimum Gasteiger partial charge on any atom is -0.329 e. The number of sulfone groups is 1. The first-order valence-electron chi connectivity index (χ1n) is 6.47. The van der Waals surface area contributed by atoms with Gasteiger partial charge in [-0.2, -0.15) is 5.10 Å². The predicted octanol–water partition coefficient (Wildman–Crippen LogP) is 0.269. The van der Waals surface area contributed by atoms with E-state index in [4.69, 9.17) is 5.73 Å². The van der Waals surface area contributed by atoms with Gasteiger partial charge in [-0.1, -0.05) is 6.92 Å². The monoisotopic (exact) mass is 288 g/mol. The molecule has 0 saturated carbocycles. The number of rotatable bonds is 8. The Labute approximate surface area is 115 Å². The van der Waals surface area contributed by atoms with Crippen LogP contribution >= 0.6 is 0 Å². The molecule has 1 unspecified atom stereocenters. The molecule has 0 amide bonds. The van der Waals surface area contributed by atoms with Gasteiger partial charge in [0.2, 0.25) is 0 Å². The molecular formula is C12H24N4O2S. The van der Waals surface area contributed by atoms with E-state index in [9.17, 15) is 8.42 Å². The molecule has 0 radical (unpaired) electrons. The minimum absolute atomic E-state index is 0.00681. The fraction of sp³-hybridized carbons (Fsp3) is 0.750. The molecule has 0 aliphatic rings. The average Bonchev–Trinajstić information content (AvgIpc) is 2.75. The van der Waals surface area contributed by atoms with Crippen LogP contribution in [0.5, 0.6) is 0 Å². The summed E-state index contributed by atoms with van der Waals surface area (Å²) in [5.74, 6) is 0.142. The number of aryl methyl sites for hydroxylation is 1. The SMILES string of the molecule is CCCn1cc(C(CN)N(C)CCS(C)(=O)=O)cn1. The molecule has 2 N–H and O–H groups in total. The molecule has 0 aromatic carbocycles. The van der Waals surface area contributed by atoms with Gasteiger partial charge >= 0.3 is 0 Å². The van der Waals surface area contributed by atoms with E-state index in [0.29, 0.717) is 13.1 Å². The molecule has 1 rings (SSSR count). The molecule has 0 spiro atoms. The molecule has 1 aromatic rings. The van der Waals surface area contributed by atoms with Gasteiger partial charge in [-0.15, -0.1) is 0 Å². The number of aromatic nitrogens is 2. The molecule has 6 nitrogen and oxygen atoms in total. The fourth-order valence-electron chi connectivity index (χ4n) is 1.94. The van der Waals surface area contributed by atoms with Crippen molar-refractivity contribution in [2.75, 3.05) is 32.1 Å². The summed E-state index contributed by atoms with van der Waals surface area (Å²) in [5.41, 5.74) is 6.83. The molecule has 0 bridgehead atoms. The maximum Gasteiger partial charge on any atom is 0.148 e. The standard InChI is InChI=1S/C12H24N4O2S/c1-4-5-16-10-11(9-14-16)12(8-13)15(2)6-7-19(3,17)18/h9-10,12H,4-8,13H2,1-3H3. The molecule has 110 valence electrons. The van der Waals surface area contributed by atoms with Crippen molar-refractivity contribution in [1.29, 1.82) is 0 Å². The highest BCUT2D eigenvalue weighted by Gasteiger charge is 2.18. The van der Waals surface area contributed by atoms with Gasteiger partial charge in [0.15, 0.2) is 0 Å². The molecular weight excluding hydrogens is 264 g/mol. The van der Waals surface area contributed by atoms with Crippen LogP contribution in [0, 0.1) is 0 Å². The maximum atomic E-state index is 11.2. The Morgan fingerprint density at radius 2 is 2.21 bits per heavy atom. The summed E-state index contributed by atoms with van der Waals surface area (Å²) in [7, 11) is -1.06. The third-order valence-corrected chi connectivity index (χ3v) is 3.98. The number of nitrogens with two attached hydrogens (primary N) is 1. The summed E-state index contributed by atoms with van der Waals surface area (Å²) in [4.78, 5) is 1.97. The second kappa shape index (κ2) is 7.02. The van der Waals surface area contributed by atoms with Crippen LogP contribution in [0.3, 0.4) is 0 Å². The summed E-state index contributed by atoms with van der Waals surface area (Å²) in [6, 6.07) is 0.00681.